The van der Waals surface area contributed by atoms with Gasteiger partial charge in [0.1, 0.15) is 5.60 Å². The van der Waals surface area contributed by atoms with Gasteiger partial charge in [0, 0.05) is 5.92 Å². The van der Waals surface area contributed by atoms with Crippen LogP contribution < -0.4 is 5.32 Å². The summed E-state index contributed by atoms with van der Waals surface area (Å²) >= 11 is 0. The van der Waals surface area contributed by atoms with Crippen LogP contribution in [0.15, 0.2) is 30.3 Å². The number of hydrogen-bond acceptors (Lipinski definition) is 2. The van der Waals surface area contributed by atoms with Crippen LogP contribution in [0.4, 0.5) is 0 Å². The SMILES string of the molecule is CC1CCCC(C(=O)NCC(C)(O)c2ccccc2)C1. The van der Waals surface area contributed by atoms with E-state index in [2.05, 4.69) is 12.2 Å². The number of aliphatic hydroxyl groups is 1. The molecule has 1 aliphatic carbocycles. The second-order valence-corrected chi connectivity index (χ2v) is 6.33. The topological polar surface area (TPSA) is 49.3 Å². The zero-order chi connectivity index (χ0) is 14.6. The first-order valence-electron chi connectivity index (χ1n) is 7.54. The van der Waals surface area contributed by atoms with E-state index in [9.17, 15) is 9.90 Å². The van der Waals surface area contributed by atoms with Crippen LogP contribution >= 0.6 is 0 Å². The first-order chi connectivity index (χ1) is 9.49. The molecule has 0 heterocycles. The average molecular weight is 275 g/mol. The molecule has 20 heavy (non-hydrogen) atoms. The number of carbonyl (C=O) groups excluding carboxylic acids is 1. The van der Waals surface area contributed by atoms with Crippen molar-refractivity contribution in [1.29, 1.82) is 0 Å². The summed E-state index contributed by atoms with van der Waals surface area (Å²) < 4.78 is 0. The number of amides is 1. The van der Waals surface area contributed by atoms with Gasteiger partial charge in [0.25, 0.3) is 0 Å². The molecule has 1 fully saturated rings. The predicted molar refractivity (Wildman–Crippen MR) is 80.1 cm³/mol. The molecule has 0 bridgehead atoms. The molecule has 3 atom stereocenters. The van der Waals surface area contributed by atoms with Crippen molar-refractivity contribution in [1.82, 2.24) is 5.32 Å². The van der Waals surface area contributed by atoms with Crippen molar-refractivity contribution in [2.24, 2.45) is 11.8 Å². The Morgan fingerprint density at radius 3 is 2.70 bits per heavy atom. The van der Waals surface area contributed by atoms with Crippen molar-refractivity contribution in [3.8, 4) is 0 Å². The Bertz CT molecular complexity index is 442. The van der Waals surface area contributed by atoms with Crippen LogP contribution in [0.25, 0.3) is 0 Å². The van der Waals surface area contributed by atoms with Crippen molar-refractivity contribution in [2.45, 2.75) is 45.1 Å². The largest absolute Gasteiger partial charge is 0.384 e. The van der Waals surface area contributed by atoms with Crippen LogP contribution in [-0.2, 0) is 10.4 Å². The summed E-state index contributed by atoms with van der Waals surface area (Å²) in [6.45, 7) is 4.21. The highest BCUT2D eigenvalue weighted by molar-refractivity contribution is 5.78. The minimum atomic E-state index is -1.02. The number of benzene rings is 1. The molecule has 1 amide bonds. The quantitative estimate of drug-likeness (QED) is 0.887. The van der Waals surface area contributed by atoms with Crippen LogP contribution in [-0.4, -0.2) is 17.6 Å². The van der Waals surface area contributed by atoms with E-state index in [1.165, 1.54) is 6.42 Å². The lowest BCUT2D eigenvalue weighted by Gasteiger charge is -2.28. The van der Waals surface area contributed by atoms with E-state index in [4.69, 9.17) is 0 Å². The molecule has 0 saturated heterocycles. The normalized spacial score (nSPS) is 25.8. The molecule has 0 radical (unpaired) electrons. The second-order valence-electron chi connectivity index (χ2n) is 6.33. The molecule has 0 aliphatic heterocycles. The zero-order valence-electron chi connectivity index (χ0n) is 12.4. The zero-order valence-corrected chi connectivity index (χ0v) is 12.4. The summed E-state index contributed by atoms with van der Waals surface area (Å²) in [6, 6.07) is 9.48. The molecule has 1 saturated carbocycles. The van der Waals surface area contributed by atoms with Crippen LogP contribution in [0, 0.1) is 11.8 Å². The Labute approximate surface area is 121 Å². The fourth-order valence-electron chi connectivity index (χ4n) is 2.98. The minimum Gasteiger partial charge on any atom is -0.384 e. The number of hydrogen-bond donors (Lipinski definition) is 2. The maximum Gasteiger partial charge on any atom is 0.223 e. The first kappa shape index (κ1) is 15.0. The van der Waals surface area contributed by atoms with Gasteiger partial charge in [-0.05, 0) is 31.2 Å². The molecule has 1 aromatic rings. The van der Waals surface area contributed by atoms with E-state index in [1.54, 1.807) is 6.92 Å². The van der Waals surface area contributed by atoms with Gasteiger partial charge in [0.2, 0.25) is 5.91 Å². The molecule has 3 unspecified atom stereocenters. The van der Waals surface area contributed by atoms with E-state index in [-0.39, 0.29) is 18.4 Å². The minimum absolute atomic E-state index is 0.0905. The van der Waals surface area contributed by atoms with Gasteiger partial charge in [-0.1, -0.05) is 50.1 Å². The van der Waals surface area contributed by atoms with Crippen LogP contribution in [0.1, 0.15) is 45.1 Å². The van der Waals surface area contributed by atoms with Gasteiger partial charge in [-0.25, -0.2) is 0 Å². The van der Waals surface area contributed by atoms with Gasteiger partial charge in [-0.15, -0.1) is 0 Å². The molecule has 3 nitrogen and oxygen atoms in total. The number of nitrogens with one attached hydrogen (secondary N) is 1. The van der Waals surface area contributed by atoms with E-state index in [0.717, 1.165) is 24.8 Å². The third kappa shape index (κ3) is 3.83. The average Bonchev–Trinajstić information content (AvgIpc) is 2.46. The Morgan fingerprint density at radius 1 is 1.35 bits per heavy atom. The van der Waals surface area contributed by atoms with Gasteiger partial charge in [-0.2, -0.15) is 0 Å². The van der Waals surface area contributed by atoms with E-state index in [1.807, 2.05) is 30.3 Å². The third-order valence-electron chi connectivity index (χ3n) is 4.31. The first-order valence-corrected chi connectivity index (χ1v) is 7.54. The summed E-state index contributed by atoms with van der Waals surface area (Å²) in [5.74, 6) is 0.840. The molecular formula is C17H25NO2. The molecule has 110 valence electrons. The van der Waals surface area contributed by atoms with Gasteiger partial charge in [0.05, 0.1) is 6.54 Å². The molecule has 2 N–H and O–H groups in total. The van der Waals surface area contributed by atoms with Crippen LogP contribution in [0.5, 0.6) is 0 Å². The molecule has 1 aromatic carbocycles. The summed E-state index contributed by atoms with van der Waals surface area (Å²) in [7, 11) is 0. The molecule has 0 aromatic heterocycles. The van der Waals surface area contributed by atoms with Crippen molar-refractivity contribution in [3.63, 3.8) is 0 Å². The van der Waals surface area contributed by atoms with Crippen molar-refractivity contribution in [2.75, 3.05) is 6.54 Å². The standard InChI is InChI=1S/C17H25NO2/c1-13-7-6-8-14(11-13)16(19)18-12-17(2,20)15-9-4-3-5-10-15/h3-5,9-10,13-14,20H,6-8,11-12H2,1-2H3,(H,18,19). The molecule has 3 heteroatoms. The van der Waals surface area contributed by atoms with Crippen molar-refractivity contribution >= 4 is 5.91 Å². The Balaban J connectivity index is 1.89. The molecule has 0 spiro atoms. The van der Waals surface area contributed by atoms with Crippen LogP contribution in [0.2, 0.25) is 0 Å². The Hall–Kier alpha value is -1.35. The summed E-state index contributed by atoms with van der Waals surface area (Å²) in [5, 5.41) is 13.4. The highest BCUT2D eigenvalue weighted by Gasteiger charge is 2.28. The van der Waals surface area contributed by atoms with Crippen molar-refractivity contribution < 1.29 is 9.90 Å². The molecule has 1 aliphatic rings. The monoisotopic (exact) mass is 275 g/mol. The highest BCUT2D eigenvalue weighted by Crippen LogP contribution is 2.29. The fourth-order valence-corrected chi connectivity index (χ4v) is 2.98. The maximum atomic E-state index is 12.2. The summed E-state index contributed by atoms with van der Waals surface area (Å²) in [5.41, 5.74) is -0.186. The number of rotatable bonds is 4. The van der Waals surface area contributed by atoms with Gasteiger partial charge in [0.15, 0.2) is 0 Å². The third-order valence-corrected chi connectivity index (χ3v) is 4.31. The summed E-state index contributed by atoms with van der Waals surface area (Å²) in [4.78, 5) is 12.2. The van der Waals surface area contributed by atoms with Crippen molar-refractivity contribution in [3.05, 3.63) is 35.9 Å². The van der Waals surface area contributed by atoms with E-state index < -0.39 is 5.60 Å². The van der Waals surface area contributed by atoms with Crippen LogP contribution in [0.3, 0.4) is 0 Å². The Morgan fingerprint density at radius 2 is 2.05 bits per heavy atom. The summed E-state index contributed by atoms with van der Waals surface area (Å²) in [6.07, 6.45) is 4.31. The van der Waals surface area contributed by atoms with E-state index >= 15 is 0 Å². The second kappa shape index (κ2) is 6.40. The number of carbonyl (C=O) groups is 1. The van der Waals surface area contributed by atoms with Gasteiger partial charge >= 0.3 is 0 Å². The lowest BCUT2D eigenvalue weighted by atomic mass is 9.82. The Kier molecular flexibility index (Phi) is 4.81. The van der Waals surface area contributed by atoms with E-state index in [0.29, 0.717) is 5.92 Å². The smallest absolute Gasteiger partial charge is 0.223 e. The molecular weight excluding hydrogens is 250 g/mol. The lowest BCUT2D eigenvalue weighted by molar-refractivity contribution is -0.127. The van der Waals surface area contributed by atoms with Gasteiger partial charge < -0.3 is 10.4 Å². The predicted octanol–water partition coefficient (Wildman–Crippen LogP) is 2.84. The maximum absolute atomic E-state index is 12.2. The lowest BCUT2D eigenvalue weighted by Crippen LogP contribution is -2.42. The fraction of sp³-hybridized carbons (Fsp3) is 0.588. The molecule has 2 rings (SSSR count). The van der Waals surface area contributed by atoms with Gasteiger partial charge in [-0.3, -0.25) is 4.79 Å². The highest BCUT2D eigenvalue weighted by atomic mass is 16.3.